The van der Waals surface area contributed by atoms with E-state index >= 15 is 0 Å². The Morgan fingerprint density at radius 3 is 2.11 bits per heavy atom. The quantitative estimate of drug-likeness (QED) is 0.740. The highest BCUT2D eigenvalue weighted by atomic mass is 35.5. The molecule has 0 saturated carbocycles. The molecular weight excluding hydrogens is 275 g/mol. The molecule has 0 aliphatic heterocycles. The maximum absolute atomic E-state index is 12.9. The van der Waals surface area contributed by atoms with E-state index < -0.39 is 11.7 Å². The molecule has 0 aromatic heterocycles. The van der Waals surface area contributed by atoms with Crippen molar-refractivity contribution < 1.29 is 13.2 Å². The van der Waals surface area contributed by atoms with Crippen molar-refractivity contribution in [2.24, 2.45) is 0 Å². The minimum atomic E-state index is -4.42. The molecule has 0 bridgehead atoms. The molecule has 0 fully saturated rings. The summed E-state index contributed by atoms with van der Waals surface area (Å²) in [6.45, 7) is 1.36. The second-order valence-corrected chi connectivity index (χ2v) is 4.68. The SMILES string of the molecule is Cc1c(N)cc(-c2ccc(Cl)cc2)cc1C(F)(F)F. The average molecular weight is 286 g/mol. The summed E-state index contributed by atoms with van der Waals surface area (Å²) < 4.78 is 38.7. The first-order valence-electron chi connectivity index (χ1n) is 5.52. The predicted octanol–water partition coefficient (Wildman–Crippen LogP) is 4.92. The van der Waals surface area contributed by atoms with Gasteiger partial charge in [-0.05, 0) is 47.9 Å². The van der Waals surface area contributed by atoms with E-state index in [0.717, 1.165) is 6.07 Å². The van der Waals surface area contributed by atoms with Crippen LogP contribution in [0.3, 0.4) is 0 Å². The summed E-state index contributed by atoms with van der Waals surface area (Å²) in [6, 6.07) is 9.21. The minimum Gasteiger partial charge on any atom is -0.398 e. The van der Waals surface area contributed by atoms with Gasteiger partial charge in [-0.25, -0.2) is 0 Å². The van der Waals surface area contributed by atoms with Crippen LogP contribution in [0.25, 0.3) is 11.1 Å². The highest BCUT2D eigenvalue weighted by Crippen LogP contribution is 2.37. The fourth-order valence-corrected chi connectivity index (χ4v) is 1.97. The zero-order chi connectivity index (χ0) is 14.2. The summed E-state index contributed by atoms with van der Waals surface area (Å²) in [4.78, 5) is 0. The van der Waals surface area contributed by atoms with Crippen molar-refractivity contribution in [2.45, 2.75) is 13.1 Å². The molecule has 0 saturated heterocycles. The lowest BCUT2D eigenvalue weighted by Crippen LogP contribution is -2.09. The van der Waals surface area contributed by atoms with E-state index in [4.69, 9.17) is 17.3 Å². The molecule has 0 aliphatic carbocycles. The van der Waals surface area contributed by atoms with E-state index in [9.17, 15) is 13.2 Å². The van der Waals surface area contributed by atoms with Crippen molar-refractivity contribution in [1.29, 1.82) is 0 Å². The van der Waals surface area contributed by atoms with Crippen LogP contribution in [0.1, 0.15) is 11.1 Å². The maximum atomic E-state index is 12.9. The number of rotatable bonds is 1. The van der Waals surface area contributed by atoms with Crippen molar-refractivity contribution in [2.75, 3.05) is 5.73 Å². The molecule has 0 atom stereocenters. The van der Waals surface area contributed by atoms with Gasteiger partial charge < -0.3 is 5.73 Å². The Morgan fingerprint density at radius 2 is 1.58 bits per heavy atom. The van der Waals surface area contributed by atoms with Gasteiger partial charge in [-0.15, -0.1) is 0 Å². The fraction of sp³-hybridized carbons (Fsp3) is 0.143. The summed E-state index contributed by atoms with van der Waals surface area (Å²) in [5.41, 5.74) is 6.18. The number of anilines is 1. The Hall–Kier alpha value is -1.68. The van der Waals surface area contributed by atoms with Gasteiger partial charge in [0.25, 0.3) is 0 Å². The molecule has 19 heavy (non-hydrogen) atoms. The van der Waals surface area contributed by atoms with Crippen LogP contribution in [0.4, 0.5) is 18.9 Å². The number of halogens is 4. The second-order valence-electron chi connectivity index (χ2n) is 4.24. The molecule has 0 aliphatic rings. The zero-order valence-corrected chi connectivity index (χ0v) is 10.8. The van der Waals surface area contributed by atoms with Crippen LogP contribution >= 0.6 is 11.6 Å². The van der Waals surface area contributed by atoms with E-state index in [1.165, 1.54) is 13.0 Å². The van der Waals surface area contributed by atoms with Gasteiger partial charge in [-0.1, -0.05) is 23.7 Å². The molecule has 0 amide bonds. The summed E-state index contributed by atoms with van der Waals surface area (Å²) in [5.74, 6) is 0. The lowest BCUT2D eigenvalue weighted by Gasteiger charge is -2.14. The maximum Gasteiger partial charge on any atom is 0.416 e. The second kappa shape index (κ2) is 4.78. The van der Waals surface area contributed by atoms with Crippen LogP contribution in [-0.4, -0.2) is 0 Å². The molecule has 2 aromatic carbocycles. The van der Waals surface area contributed by atoms with Crippen LogP contribution in [-0.2, 0) is 6.18 Å². The summed E-state index contributed by atoms with van der Waals surface area (Å²) >= 11 is 5.75. The van der Waals surface area contributed by atoms with Crippen molar-refractivity contribution in [3.63, 3.8) is 0 Å². The Kier molecular flexibility index (Phi) is 3.45. The van der Waals surface area contributed by atoms with Crippen molar-refractivity contribution in [3.8, 4) is 11.1 Å². The first-order valence-corrected chi connectivity index (χ1v) is 5.90. The molecule has 0 heterocycles. The van der Waals surface area contributed by atoms with Crippen LogP contribution in [0.15, 0.2) is 36.4 Å². The molecule has 0 radical (unpaired) electrons. The summed E-state index contributed by atoms with van der Waals surface area (Å²) in [7, 11) is 0. The van der Waals surface area contributed by atoms with Gasteiger partial charge >= 0.3 is 6.18 Å². The lowest BCUT2D eigenvalue weighted by atomic mass is 9.98. The van der Waals surface area contributed by atoms with E-state index in [0.29, 0.717) is 16.1 Å². The van der Waals surface area contributed by atoms with Crippen molar-refractivity contribution in [1.82, 2.24) is 0 Å². The highest BCUT2D eigenvalue weighted by molar-refractivity contribution is 6.30. The Bertz CT molecular complexity index is 603. The molecule has 2 N–H and O–H groups in total. The van der Waals surface area contributed by atoms with Crippen LogP contribution in [0, 0.1) is 6.92 Å². The van der Waals surface area contributed by atoms with Gasteiger partial charge in [0.2, 0.25) is 0 Å². The minimum absolute atomic E-state index is 0.0465. The van der Waals surface area contributed by atoms with Gasteiger partial charge in [-0.3, -0.25) is 0 Å². The fourth-order valence-electron chi connectivity index (χ4n) is 1.84. The van der Waals surface area contributed by atoms with Crippen LogP contribution < -0.4 is 5.73 Å². The number of hydrogen-bond donors (Lipinski definition) is 1. The molecule has 1 nitrogen and oxygen atoms in total. The molecular formula is C14H11ClF3N. The van der Waals surface area contributed by atoms with Gasteiger partial charge in [-0.2, -0.15) is 13.2 Å². The standard InChI is InChI=1S/C14H11ClF3N/c1-8-12(14(16,17)18)6-10(7-13(8)19)9-2-4-11(15)5-3-9/h2-7H,19H2,1H3. The van der Waals surface area contributed by atoms with Gasteiger partial charge in [0.1, 0.15) is 0 Å². The monoisotopic (exact) mass is 285 g/mol. The summed E-state index contributed by atoms with van der Waals surface area (Å²) in [5, 5.41) is 0.528. The Balaban J connectivity index is 2.60. The molecule has 5 heteroatoms. The molecule has 100 valence electrons. The lowest BCUT2D eigenvalue weighted by molar-refractivity contribution is -0.137. The van der Waals surface area contributed by atoms with Crippen LogP contribution in [0.2, 0.25) is 5.02 Å². The summed E-state index contributed by atoms with van der Waals surface area (Å²) in [6.07, 6.45) is -4.42. The first-order chi connectivity index (χ1) is 8.79. The number of nitrogens with two attached hydrogens (primary N) is 1. The van der Waals surface area contributed by atoms with Crippen molar-refractivity contribution in [3.05, 3.63) is 52.5 Å². The van der Waals surface area contributed by atoms with Gasteiger partial charge in [0, 0.05) is 10.7 Å². The topological polar surface area (TPSA) is 26.0 Å². The van der Waals surface area contributed by atoms with Crippen molar-refractivity contribution >= 4 is 17.3 Å². The Labute approximate surface area is 113 Å². The Morgan fingerprint density at radius 1 is 1.00 bits per heavy atom. The zero-order valence-electron chi connectivity index (χ0n) is 10.1. The normalized spacial score (nSPS) is 11.6. The largest absolute Gasteiger partial charge is 0.416 e. The number of benzene rings is 2. The molecule has 2 aromatic rings. The van der Waals surface area contributed by atoms with E-state index in [1.54, 1.807) is 24.3 Å². The van der Waals surface area contributed by atoms with E-state index in [1.807, 2.05) is 0 Å². The van der Waals surface area contributed by atoms with E-state index in [-0.39, 0.29) is 11.3 Å². The third-order valence-corrected chi connectivity index (χ3v) is 3.18. The van der Waals surface area contributed by atoms with E-state index in [2.05, 4.69) is 0 Å². The molecule has 0 spiro atoms. The number of alkyl halides is 3. The average Bonchev–Trinajstić information content (AvgIpc) is 2.32. The predicted molar refractivity (Wildman–Crippen MR) is 71.0 cm³/mol. The van der Waals surface area contributed by atoms with Gasteiger partial charge in [0.05, 0.1) is 5.56 Å². The molecule has 0 unspecified atom stereocenters. The van der Waals surface area contributed by atoms with Crippen LogP contribution in [0.5, 0.6) is 0 Å². The van der Waals surface area contributed by atoms with Gasteiger partial charge in [0.15, 0.2) is 0 Å². The smallest absolute Gasteiger partial charge is 0.398 e. The first kappa shape index (κ1) is 13.7. The third kappa shape index (κ3) is 2.84. The number of hydrogen-bond acceptors (Lipinski definition) is 1. The molecule has 2 rings (SSSR count). The highest BCUT2D eigenvalue weighted by Gasteiger charge is 2.33. The number of nitrogen functional groups attached to an aromatic ring is 1. The third-order valence-electron chi connectivity index (χ3n) is 2.93.